The van der Waals surface area contributed by atoms with Gasteiger partial charge in [-0.3, -0.25) is 4.55 Å². The Balaban J connectivity index is 4.19. The summed E-state index contributed by atoms with van der Waals surface area (Å²) in [6.07, 6.45) is 0.780. The van der Waals surface area contributed by atoms with Gasteiger partial charge in [0, 0.05) is 5.92 Å². The summed E-state index contributed by atoms with van der Waals surface area (Å²) >= 11 is 0. The highest BCUT2D eigenvalue weighted by Crippen LogP contribution is 1.96. The van der Waals surface area contributed by atoms with Crippen LogP contribution in [-0.2, 0) is 10.1 Å². The average Bonchev–Trinajstić information content (AvgIpc) is 1.81. The molecule has 58 valence electrons. The molecule has 0 saturated carbocycles. The van der Waals surface area contributed by atoms with Crippen LogP contribution >= 0.6 is 0 Å². The van der Waals surface area contributed by atoms with Gasteiger partial charge in [-0.05, 0) is 6.42 Å². The topological polar surface area (TPSA) is 54.4 Å². The Bertz CT molecular complexity index is 242. The number of rotatable bonds is 1. The predicted octanol–water partition coefficient (Wildman–Crippen LogP) is 0.881. The normalized spacial score (nSPS) is 13.5. The molecule has 0 aliphatic heterocycles. The average molecular weight is 162 g/mol. The fourth-order valence-corrected chi connectivity index (χ4v) is 0.627. The van der Waals surface area contributed by atoms with Gasteiger partial charge in [0.1, 0.15) is 0 Å². The maximum Gasteiger partial charge on any atom is 0.335 e. The van der Waals surface area contributed by atoms with E-state index in [4.69, 9.17) is 4.55 Å². The molecule has 1 N–H and O–H groups in total. The first kappa shape index (κ1) is 9.47. The third-order valence-corrected chi connectivity index (χ3v) is 1.42. The van der Waals surface area contributed by atoms with E-state index in [1.165, 1.54) is 0 Å². The minimum atomic E-state index is -4.09. The van der Waals surface area contributed by atoms with Crippen LogP contribution in [0.15, 0.2) is 0 Å². The molecule has 0 heterocycles. The second kappa shape index (κ2) is 3.59. The molecule has 0 radical (unpaired) electrons. The molecule has 4 heteroatoms. The Hall–Kier alpha value is -0.530. The standard InChI is InChI=1S/C6H10O3S/c1-3-6(2)4-5-10(7,8)9/h6H,3H2,1-2H3,(H,7,8,9). The maximum absolute atomic E-state index is 10.0. The summed E-state index contributed by atoms with van der Waals surface area (Å²) in [4.78, 5) is 0. The molecule has 0 spiro atoms. The van der Waals surface area contributed by atoms with Crippen LogP contribution in [-0.4, -0.2) is 13.0 Å². The number of hydrogen-bond donors (Lipinski definition) is 1. The molecule has 10 heavy (non-hydrogen) atoms. The van der Waals surface area contributed by atoms with Gasteiger partial charge in [-0.2, -0.15) is 8.42 Å². The van der Waals surface area contributed by atoms with Gasteiger partial charge in [0.15, 0.2) is 0 Å². The van der Waals surface area contributed by atoms with Crippen molar-refractivity contribution < 1.29 is 13.0 Å². The molecule has 0 saturated heterocycles. The molecule has 0 aromatic rings. The van der Waals surface area contributed by atoms with Gasteiger partial charge in [-0.25, -0.2) is 0 Å². The second-order valence-electron chi connectivity index (χ2n) is 2.03. The van der Waals surface area contributed by atoms with Crippen molar-refractivity contribution in [3.05, 3.63) is 0 Å². The van der Waals surface area contributed by atoms with Crippen LogP contribution in [0.1, 0.15) is 20.3 Å². The van der Waals surface area contributed by atoms with Crippen LogP contribution in [0.2, 0.25) is 0 Å². The fraction of sp³-hybridized carbons (Fsp3) is 0.667. The van der Waals surface area contributed by atoms with E-state index in [2.05, 4.69) is 5.92 Å². The highest BCUT2D eigenvalue weighted by molar-refractivity contribution is 7.90. The van der Waals surface area contributed by atoms with Crippen molar-refractivity contribution in [2.75, 3.05) is 0 Å². The second-order valence-corrected chi connectivity index (χ2v) is 3.19. The Labute approximate surface area is 61.2 Å². The van der Waals surface area contributed by atoms with E-state index < -0.39 is 10.1 Å². The molecule has 3 nitrogen and oxygen atoms in total. The highest BCUT2D eigenvalue weighted by Gasteiger charge is 1.96. The van der Waals surface area contributed by atoms with Gasteiger partial charge in [-0.1, -0.05) is 19.8 Å². The van der Waals surface area contributed by atoms with Crippen LogP contribution in [0.5, 0.6) is 0 Å². The molecule has 0 aromatic carbocycles. The summed E-state index contributed by atoms with van der Waals surface area (Å²) in [5.74, 6) is 2.40. The van der Waals surface area contributed by atoms with Crippen molar-refractivity contribution in [3.8, 4) is 11.2 Å². The van der Waals surface area contributed by atoms with Crippen LogP contribution in [0.25, 0.3) is 0 Å². The van der Waals surface area contributed by atoms with Gasteiger partial charge in [0.2, 0.25) is 0 Å². The van der Waals surface area contributed by atoms with E-state index in [1.54, 1.807) is 12.2 Å². The third-order valence-electron chi connectivity index (χ3n) is 1.05. The van der Waals surface area contributed by atoms with Crippen LogP contribution in [0.4, 0.5) is 0 Å². The summed E-state index contributed by atoms with van der Waals surface area (Å²) in [5.41, 5.74) is 0. The molecule has 1 atom stereocenters. The monoisotopic (exact) mass is 162 g/mol. The van der Waals surface area contributed by atoms with Crippen LogP contribution in [0.3, 0.4) is 0 Å². The third kappa shape index (κ3) is 5.60. The van der Waals surface area contributed by atoms with Crippen LogP contribution < -0.4 is 0 Å². The molecule has 1 unspecified atom stereocenters. The molecule has 0 amide bonds. The van der Waals surface area contributed by atoms with Gasteiger partial charge in [0.25, 0.3) is 0 Å². The first-order chi connectivity index (χ1) is 4.45. The highest BCUT2D eigenvalue weighted by atomic mass is 32.2. The summed E-state index contributed by atoms with van der Waals surface area (Å²) in [6, 6.07) is 0. The SMILES string of the molecule is CCC(C)C#CS(=O)(=O)O. The fourth-order valence-electron chi connectivity index (χ4n) is 0.277. The minimum absolute atomic E-state index is 0.0157. The van der Waals surface area contributed by atoms with E-state index >= 15 is 0 Å². The lowest BCUT2D eigenvalue weighted by Crippen LogP contribution is -1.93. The van der Waals surface area contributed by atoms with Crippen molar-refractivity contribution in [1.29, 1.82) is 0 Å². The molecule has 0 aliphatic rings. The van der Waals surface area contributed by atoms with E-state index in [9.17, 15) is 8.42 Å². The summed E-state index contributed by atoms with van der Waals surface area (Å²) < 4.78 is 28.2. The maximum atomic E-state index is 10.0. The van der Waals surface area contributed by atoms with Crippen molar-refractivity contribution in [2.45, 2.75) is 20.3 Å². The quantitative estimate of drug-likeness (QED) is 0.460. The zero-order valence-corrected chi connectivity index (χ0v) is 6.77. The Morgan fingerprint density at radius 1 is 1.60 bits per heavy atom. The zero-order chi connectivity index (χ0) is 8.20. The van der Waals surface area contributed by atoms with Crippen LogP contribution in [0, 0.1) is 17.1 Å². The molecular formula is C6H10O3S. The smallest absolute Gasteiger partial charge is 0.276 e. The lowest BCUT2D eigenvalue weighted by atomic mass is 10.1. The summed E-state index contributed by atoms with van der Waals surface area (Å²) in [6.45, 7) is 3.68. The Morgan fingerprint density at radius 2 is 2.10 bits per heavy atom. The zero-order valence-electron chi connectivity index (χ0n) is 5.96. The number of hydrogen-bond acceptors (Lipinski definition) is 2. The Kier molecular flexibility index (Phi) is 3.40. The van der Waals surface area contributed by atoms with Gasteiger partial charge >= 0.3 is 10.1 Å². The summed E-state index contributed by atoms with van der Waals surface area (Å²) in [7, 11) is -4.09. The lowest BCUT2D eigenvalue weighted by Gasteiger charge is -1.92. The lowest BCUT2D eigenvalue weighted by molar-refractivity contribution is 0.496. The molecule has 0 bridgehead atoms. The Morgan fingerprint density at radius 3 is 2.40 bits per heavy atom. The van der Waals surface area contributed by atoms with Crippen molar-refractivity contribution in [1.82, 2.24) is 0 Å². The van der Waals surface area contributed by atoms with Gasteiger partial charge < -0.3 is 0 Å². The largest absolute Gasteiger partial charge is 0.335 e. The molecule has 0 rings (SSSR count). The first-order valence-corrected chi connectivity index (χ1v) is 4.39. The van der Waals surface area contributed by atoms with E-state index in [0.29, 0.717) is 0 Å². The predicted molar refractivity (Wildman–Crippen MR) is 38.8 cm³/mol. The molecular weight excluding hydrogens is 152 g/mol. The molecule has 0 fully saturated rings. The van der Waals surface area contributed by atoms with Crippen molar-refractivity contribution in [2.24, 2.45) is 5.92 Å². The van der Waals surface area contributed by atoms with Crippen molar-refractivity contribution in [3.63, 3.8) is 0 Å². The van der Waals surface area contributed by atoms with E-state index in [1.807, 2.05) is 6.92 Å². The first-order valence-electron chi connectivity index (χ1n) is 2.95. The summed E-state index contributed by atoms with van der Waals surface area (Å²) in [5, 5.41) is 1.75. The van der Waals surface area contributed by atoms with E-state index in [-0.39, 0.29) is 5.92 Å². The minimum Gasteiger partial charge on any atom is -0.276 e. The van der Waals surface area contributed by atoms with E-state index in [0.717, 1.165) is 6.42 Å². The molecule has 0 aromatic heterocycles. The molecule has 0 aliphatic carbocycles. The van der Waals surface area contributed by atoms with Gasteiger partial charge in [-0.15, -0.1) is 0 Å². The van der Waals surface area contributed by atoms with Crippen molar-refractivity contribution >= 4 is 10.1 Å². The van der Waals surface area contributed by atoms with Gasteiger partial charge in [0.05, 0.1) is 5.25 Å².